The van der Waals surface area contributed by atoms with Gasteiger partial charge >= 0.3 is 5.97 Å². The summed E-state index contributed by atoms with van der Waals surface area (Å²) in [5.74, 6) is 1.20. The third-order valence-corrected chi connectivity index (χ3v) is 2.90. The summed E-state index contributed by atoms with van der Waals surface area (Å²) in [7, 11) is 3.12. The highest BCUT2D eigenvalue weighted by Crippen LogP contribution is 2.31. The Labute approximate surface area is 121 Å². The van der Waals surface area contributed by atoms with Crippen LogP contribution in [-0.4, -0.2) is 35.4 Å². The van der Waals surface area contributed by atoms with Crippen LogP contribution in [0, 0.1) is 0 Å². The van der Waals surface area contributed by atoms with Crippen molar-refractivity contribution < 1.29 is 23.9 Å². The van der Waals surface area contributed by atoms with Gasteiger partial charge in [0.1, 0.15) is 11.5 Å². The molecule has 0 bridgehead atoms. The zero-order chi connectivity index (χ0) is 15.2. The second kappa shape index (κ2) is 6.74. The first kappa shape index (κ1) is 14.8. The monoisotopic (exact) mass is 292 g/mol. The second-order valence-electron chi connectivity index (χ2n) is 4.33. The van der Waals surface area contributed by atoms with Gasteiger partial charge in [-0.15, -0.1) is 0 Å². The van der Waals surface area contributed by atoms with Crippen LogP contribution >= 0.6 is 0 Å². The van der Waals surface area contributed by atoms with Gasteiger partial charge in [0.25, 0.3) is 0 Å². The average Bonchev–Trinajstić information content (AvgIpc) is 2.95. The molecule has 0 unspecified atom stereocenters. The van der Waals surface area contributed by atoms with E-state index >= 15 is 0 Å². The Balaban J connectivity index is 2.18. The fourth-order valence-electron chi connectivity index (χ4n) is 1.85. The Hall–Kier alpha value is -2.57. The maximum absolute atomic E-state index is 10.5. The molecule has 0 spiro atoms. The number of hydrogen-bond acceptors (Lipinski definition) is 6. The lowest BCUT2D eigenvalue weighted by Crippen LogP contribution is -1.96. The molecule has 0 aliphatic rings. The van der Waals surface area contributed by atoms with Crippen LogP contribution in [-0.2, 0) is 11.2 Å². The number of carboxylic acids is 1. The first-order valence-corrected chi connectivity index (χ1v) is 6.41. The number of methoxy groups -OCH3 is 2. The molecule has 7 nitrogen and oxygen atoms in total. The minimum absolute atomic E-state index is 0.0696. The van der Waals surface area contributed by atoms with E-state index in [4.69, 9.17) is 19.1 Å². The number of aromatic nitrogens is 2. The van der Waals surface area contributed by atoms with Gasteiger partial charge in [-0.2, -0.15) is 4.98 Å². The van der Waals surface area contributed by atoms with E-state index in [0.717, 1.165) is 0 Å². The van der Waals surface area contributed by atoms with Crippen LogP contribution in [0.4, 0.5) is 0 Å². The standard InChI is InChI=1S/C14H16N2O5/c1-19-9-6-7-11(20-2)10(8-9)14-15-12(21-16-14)4-3-5-13(17)18/h6-8H,3-5H2,1-2H3,(H,17,18). The van der Waals surface area contributed by atoms with Gasteiger partial charge in [0, 0.05) is 12.8 Å². The highest BCUT2D eigenvalue weighted by atomic mass is 16.5. The van der Waals surface area contributed by atoms with Crippen molar-refractivity contribution in [1.82, 2.24) is 10.1 Å². The maximum atomic E-state index is 10.5. The zero-order valence-corrected chi connectivity index (χ0v) is 11.8. The van der Waals surface area contributed by atoms with Gasteiger partial charge < -0.3 is 19.1 Å². The van der Waals surface area contributed by atoms with E-state index in [9.17, 15) is 4.79 Å². The van der Waals surface area contributed by atoms with Crippen molar-refractivity contribution in [3.8, 4) is 22.9 Å². The fourth-order valence-corrected chi connectivity index (χ4v) is 1.85. The highest BCUT2D eigenvalue weighted by Gasteiger charge is 2.14. The lowest BCUT2D eigenvalue weighted by molar-refractivity contribution is -0.137. The van der Waals surface area contributed by atoms with Crippen LogP contribution in [0.3, 0.4) is 0 Å². The summed E-state index contributed by atoms with van der Waals surface area (Å²) in [5.41, 5.74) is 0.657. The van der Waals surface area contributed by atoms with Crippen LogP contribution in [0.1, 0.15) is 18.7 Å². The first-order chi connectivity index (χ1) is 10.1. The lowest BCUT2D eigenvalue weighted by atomic mass is 10.1. The van der Waals surface area contributed by atoms with E-state index in [1.54, 1.807) is 32.4 Å². The Bertz CT molecular complexity index is 624. The first-order valence-electron chi connectivity index (χ1n) is 6.41. The molecular weight excluding hydrogens is 276 g/mol. The molecule has 1 aromatic carbocycles. The largest absolute Gasteiger partial charge is 0.497 e. The molecule has 1 N–H and O–H groups in total. The summed E-state index contributed by atoms with van der Waals surface area (Å²) >= 11 is 0. The van der Waals surface area contributed by atoms with Gasteiger partial charge in [0.05, 0.1) is 19.8 Å². The minimum Gasteiger partial charge on any atom is -0.497 e. The molecule has 1 aromatic heterocycles. The molecule has 2 rings (SSSR count). The summed E-state index contributed by atoms with van der Waals surface area (Å²) in [6, 6.07) is 5.29. The molecule has 112 valence electrons. The number of ether oxygens (including phenoxy) is 2. The Morgan fingerprint density at radius 3 is 2.81 bits per heavy atom. The molecule has 0 atom stereocenters. The van der Waals surface area contributed by atoms with E-state index in [-0.39, 0.29) is 6.42 Å². The van der Waals surface area contributed by atoms with Crippen LogP contribution in [0.2, 0.25) is 0 Å². The van der Waals surface area contributed by atoms with Crippen molar-refractivity contribution >= 4 is 5.97 Å². The van der Waals surface area contributed by atoms with Crippen molar-refractivity contribution in [1.29, 1.82) is 0 Å². The summed E-state index contributed by atoms with van der Waals surface area (Å²) < 4.78 is 15.6. The molecule has 7 heteroatoms. The SMILES string of the molecule is COc1ccc(OC)c(-c2noc(CCCC(=O)O)n2)c1. The fraction of sp³-hybridized carbons (Fsp3) is 0.357. The summed E-state index contributed by atoms with van der Waals surface area (Å²) in [6.07, 6.45) is 0.942. The summed E-state index contributed by atoms with van der Waals surface area (Å²) in [6.45, 7) is 0. The molecule has 1 heterocycles. The van der Waals surface area contributed by atoms with Crippen LogP contribution in [0.25, 0.3) is 11.4 Å². The van der Waals surface area contributed by atoms with Crippen molar-refractivity contribution in [3.63, 3.8) is 0 Å². The summed E-state index contributed by atoms with van der Waals surface area (Å²) in [5, 5.41) is 12.5. The lowest BCUT2D eigenvalue weighted by Gasteiger charge is -2.07. The molecule has 0 saturated heterocycles. The smallest absolute Gasteiger partial charge is 0.303 e. The molecule has 0 radical (unpaired) electrons. The third kappa shape index (κ3) is 3.71. The second-order valence-corrected chi connectivity index (χ2v) is 4.33. The van der Waals surface area contributed by atoms with Gasteiger partial charge in [-0.1, -0.05) is 5.16 Å². The van der Waals surface area contributed by atoms with E-state index in [1.807, 2.05) is 0 Å². The average molecular weight is 292 g/mol. The third-order valence-electron chi connectivity index (χ3n) is 2.90. The Morgan fingerprint density at radius 1 is 1.33 bits per heavy atom. The van der Waals surface area contributed by atoms with E-state index in [2.05, 4.69) is 10.1 Å². The predicted molar refractivity (Wildman–Crippen MR) is 73.4 cm³/mol. The van der Waals surface area contributed by atoms with Gasteiger partial charge in [-0.25, -0.2) is 0 Å². The molecule has 21 heavy (non-hydrogen) atoms. The number of hydrogen-bond donors (Lipinski definition) is 1. The topological polar surface area (TPSA) is 94.7 Å². The van der Waals surface area contributed by atoms with Crippen LogP contribution < -0.4 is 9.47 Å². The van der Waals surface area contributed by atoms with Crippen molar-refractivity contribution in [2.75, 3.05) is 14.2 Å². The molecule has 0 saturated carbocycles. The van der Waals surface area contributed by atoms with E-state index in [1.165, 1.54) is 0 Å². The Kier molecular flexibility index (Phi) is 4.76. The van der Waals surface area contributed by atoms with Crippen molar-refractivity contribution in [3.05, 3.63) is 24.1 Å². The van der Waals surface area contributed by atoms with Crippen molar-refractivity contribution in [2.24, 2.45) is 0 Å². The molecule has 0 aliphatic carbocycles. The quantitative estimate of drug-likeness (QED) is 0.835. The number of carboxylic acid groups (broad SMARTS) is 1. The molecule has 0 aliphatic heterocycles. The maximum Gasteiger partial charge on any atom is 0.303 e. The van der Waals surface area contributed by atoms with Crippen LogP contribution in [0.5, 0.6) is 11.5 Å². The van der Waals surface area contributed by atoms with E-state index < -0.39 is 5.97 Å². The number of carbonyl (C=O) groups is 1. The normalized spacial score (nSPS) is 10.4. The van der Waals surface area contributed by atoms with Crippen molar-refractivity contribution in [2.45, 2.75) is 19.3 Å². The number of rotatable bonds is 7. The zero-order valence-electron chi connectivity index (χ0n) is 11.8. The van der Waals surface area contributed by atoms with Gasteiger partial charge in [-0.05, 0) is 24.6 Å². The highest BCUT2D eigenvalue weighted by molar-refractivity contribution is 5.67. The number of nitrogens with zero attached hydrogens (tertiary/aromatic N) is 2. The van der Waals surface area contributed by atoms with E-state index in [0.29, 0.717) is 41.6 Å². The molecule has 0 fully saturated rings. The Morgan fingerprint density at radius 2 is 2.14 bits per heavy atom. The summed E-state index contributed by atoms with van der Waals surface area (Å²) in [4.78, 5) is 14.7. The van der Waals surface area contributed by atoms with Gasteiger partial charge in [0.15, 0.2) is 0 Å². The number of aliphatic carboxylic acids is 1. The molecular formula is C14H16N2O5. The molecule has 0 amide bonds. The van der Waals surface area contributed by atoms with Gasteiger partial charge in [-0.3, -0.25) is 4.79 Å². The minimum atomic E-state index is -0.843. The predicted octanol–water partition coefficient (Wildman–Crippen LogP) is 2.16. The number of benzene rings is 1. The molecule has 2 aromatic rings. The van der Waals surface area contributed by atoms with Crippen LogP contribution in [0.15, 0.2) is 22.7 Å². The van der Waals surface area contributed by atoms with Gasteiger partial charge in [0.2, 0.25) is 11.7 Å². The number of aryl methyl sites for hydroxylation is 1.